The highest BCUT2D eigenvalue weighted by Gasteiger charge is 2.30. The Bertz CT molecular complexity index is 406. The van der Waals surface area contributed by atoms with E-state index in [0.29, 0.717) is 6.04 Å². The summed E-state index contributed by atoms with van der Waals surface area (Å²) >= 11 is 0. The van der Waals surface area contributed by atoms with Crippen LogP contribution < -0.4 is 5.32 Å². The van der Waals surface area contributed by atoms with Crippen molar-refractivity contribution in [3.05, 3.63) is 35.4 Å². The number of benzene rings is 1. The lowest BCUT2D eigenvalue weighted by Gasteiger charge is -2.32. The highest BCUT2D eigenvalue weighted by molar-refractivity contribution is 5.85. The van der Waals surface area contributed by atoms with E-state index >= 15 is 0 Å². The predicted molar refractivity (Wildman–Crippen MR) is 76.1 cm³/mol. The number of halogens is 4. The molecule has 2 nitrogen and oxygen atoms in total. The van der Waals surface area contributed by atoms with Gasteiger partial charge in [0.1, 0.15) is 0 Å². The SMILES string of the molecule is CNC1CCCN(Cc2ccc(C(F)(F)F)cc2)C1.Cl. The molecule has 1 aromatic rings. The molecule has 0 radical (unpaired) electrons. The van der Waals surface area contributed by atoms with Gasteiger partial charge in [0, 0.05) is 19.1 Å². The fourth-order valence-corrected chi connectivity index (χ4v) is 2.49. The second-order valence-electron chi connectivity index (χ2n) is 5.06. The van der Waals surface area contributed by atoms with Crippen LogP contribution in [0, 0.1) is 0 Å². The number of alkyl halides is 3. The zero-order chi connectivity index (χ0) is 13.9. The molecule has 20 heavy (non-hydrogen) atoms. The smallest absolute Gasteiger partial charge is 0.316 e. The molecule has 114 valence electrons. The number of hydrogen-bond acceptors (Lipinski definition) is 2. The molecular weight excluding hydrogens is 289 g/mol. The molecule has 1 unspecified atom stereocenters. The highest BCUT2D eigenvalue weighted by Crippen LogP contribution is 2.29. The molecule has 1 aliphatic rings. The Morgan fingerprint density at radius 1 is 1.25 bits per heavy atom. The van der Waals surface area contributed by atoms with Crippen LogP contribution in [0.4, 0.5) is 13.2 Å². The average Bonchev–Trinajstić information content (AvgIpc) is 2.38. The van der Waals surface area contributed by atoms with Gasteiger partial charge in [0.15, 0.2) is 0 Å². The van der Waals surface area contributed by atoms with E-state index in [0.717, 1.165) is 43.8 Å². The Labute approximate surface area is 123 Å². The number of piperidine rings is 1. The van der Waals surface area contributed by atoms with Crippen molar-refractivity contribution in [3.8, 4) is 0 Å². The van der Waals surface area contributed by atoms with Crippen molar-refractivity contribution < 1.29 is 13.2 Å². The lowest BCUT2D eigenvalue weighted by molar-refractivity contribution is -0.137. The highest BCUT2D eigenvalue weighted by atomic mass is 35.5. The Balaban J connectivity index is 0.00000200. The van der Waals surface area contributed by atoms with Crippen LogP contribution >= 0.6 is 12.4 Å². The molecule has 0 amide bonds. The van der Waals surface area contributed by atoms with Crippen LogP contribution in [0.25, 0.3) is 0 Å². The molecule has 0 bridgehead atoms. The molecule has 0 saturated carbocycles. The Kier molecular flexibility index (Phi) is 6.30. The summed E-state index contributed by atoms with van der Waals surface area (Å²) < 4.78 is 37.4. The van der Waals surface area contributed by atoms with E-state index < -0.39 is 11.7 Å². The minimum Gasteiger partial charge on any atom is -0.316 e. The number of rotatable bonds is 3. The minimum absolute atomic E-state index is 0. The predicted octanol–water partition coefficient (Wildman–Crippen LogP) is 3.31. The summed E-state index contributed by atoms with van der Waals surface area (Å²) in [7, 11) is 1.95. The van der Waals surface area contributed by atoms with E-state index in [-0.39, 0.29) is 12.4 Å². The summed E-state index contributed by atoms with van der Waals surface area (Å²) in [6.07, 6.45) is -1.95. The second kappa shape index (κ2) is 7.29. The van der Waals surface area contributed by atoms with E-state index in [1.807, 2.05) is 7.05 Å². The van der Waals surface area contributed by atoms with Gasteiger partial charge in [0.25, 0.3) is 0 Å². The number of likely N-dealkylation sites (N-methyl/N-ethyl adjacent to an activating group) is 1. The number of nitrogens with zero attached hydrogens (tertiary/aromatic N) is 1. The molecule has 0 aromatic heterocycles. The van der Waals surface area contributed by atoms with Gasteiger partial charge in [-0.2, -0.15) is 13.2 Å². The number of nitrogens with one attached hydrogen (secondary N) is 1. The van der Waals surface area contributed by atoms with Crippen LogP contribution in [0.5, 0.6) is 0 Å². The number of likely N-dealkylation sites (tertiary alicyclic amines) is 1. The maximum absolute atomic E-state index is 12.5. The van der Waals surface area contributed by atoms with Crippen molar-refractivity contribution in [2.75, 3.05) is 20.1 Å². The zero-order valence-corrected chi connectivity index (χ0v) is 12.2. The van der Waals surface area contributed by atoms with E-state index in [1.165, 1.54) is 6.42 Å². The molecule has 1 heterocycles. The van der Waals surface area contributed by atoms with Gasteiger partial charge in [-0.05, 0) is 44.1 Å². The van der Waals surface area contributed by atoms with Gasteiger partial charge in [-0.3, -0.25) is 4.90 Å². The van der Waals surface area contributed by atoms with Gasteiger partial charge in [0.05, 0.1) is 5.56 Å². The zero-order valence-electron chi connectivity index (χ0n) is 11.4. The van der Waals surface area contributed by atoms with Gasteiger partial charge < -0.3 is 5.32 Å². The Morgan fingerprint density at radius 3 is 2.45 bits per heavy atom. The maximum Gasteiger partial charge on any atom is 0.416 e. The first-order chi connectivity index (χ1) is 8.99. The topological polar surface area (TPSA) is 15.3 Å². The third-order valence-corrected chi connectivity index (χ3v) is 3.60. The quantitative estimate of drug-likeness (QED) is 0.921. The van der Waals surface area contributed by atoms with Crippen LogP contribution in [-0.2, 0) is 12.7 Å². The van der Waals surface area contributed by atoms with E-state index in [1.54, 1.807) is 12.1 Å². The average molecular weight is 309 g/mol. The lowest BCUT2D eigenvalue weighted by Crippen LogP contribution is -2.43. The fraction of sp³-hybridized carbons (Fsp3) is 0.571. The van der Waals surface area contributed by atoms with Crippen molar-refractivity contribution in [2.45, 2.75) is 31.6 Å². The van der Waals surface area contributed by atoms with Crippen molar-refractivity contribution in [1.82, 2.24) is 10.2 Å². The van der Waals surface area contributed by atoms with Crippen molar-refractivity contribution in [2.24, 2.45) is 0 Å². The summed E-state index contributed by atoms with van der Waals surface area (Å²) in [5.41, 5.74) is 0.354. The molecule has 1 aliphatic heterocycles. The summed E-state index contributed by atoms with van der Waals surface area (Å²) in [6.45, 7) is 2.69. The van der Waals surface area contributed by atoms with E-state index in [2.05, 4.69) is 10.2 Å². The third-order valence-electron chi connectivity index (χ3n) is 3.60. The van der Waals surface area contributed by atoms with Crippen LogP contribution in [0.1, 0.15) is 24.0 Å². The summed E-state index contributed by atoms with van der Waals surface area (Å²) in [4.78, 5) is 2.28. The molecule has 1 saturated heterocycles. The molecular formula is C14H20ClF3N2. The first-order valence-electron chi connectivity index (χ1n) is 6.55. The van der Waals surface area contributed by atoms with E-state index in [9.17, 15) is 13.2 Å². The van der Waals surface area contributed by atoms with Crippen LogP contribution in [0.15, 0.2) is 24.3 Å². The van der Waals surface area contributed by atoms with Crippen molar-refractivity contribution in [3.63, 3.8) is 0 Å². The second-order valence-corrected chi connectivity index (χ2v) is 5.06. The normalized spacial score (nSPS) is 20.5. The molecule has 2 rings (SSSR count). The van der Waals surface area contributed by atoms with Crippen LogP contribution in [0.2, 0.25) is 0 Å². The summed E-state index contributed by atoms with van der Waals surface area (Å²) in [6, 6.07) is 5.96. The fourth-order valence-electron chi connectivity index (χ4n) is 2.49. The molecule has 6 heteroatoms. The van der Waals surface area contributed by atoms with Gasteiger partial charge in [0.2, 0.25) is 0 Å². The minimum atomic E-state index is -4.25. The Hall–Kier alpha value is -0.780. The summed E-state index contributed by atoms with van der Waals surface area (Å²) in [5.74, 6) is 0. The standard InChI is InChI=1S/C14H19F3N2.ClH/c1-18-13-3-2-8-19(10-13)9-11-4-6-12(7-5-11)14(15,16)17;/h4-7,13,18H,2-3,8-10H2,1H3;1H. The molecule has 1 atom stereocenters. The monoisotopic (exact) mass is 308 g/mol. The molecule has 0 aliphatic carbocycles. The van der Waals surface area contributed by atoms with Crippen LogP contribution in [0.3, 0.4) is 0 Å². The first kappa shape index (κ1) is 17.3. The molecule has 1 N–H and O–H groups in total. The van der Waals surface area contributed by atoms with Gasteiger partial charge >= 0.3 is 6.18 Å². The number of hydrogen-bond donors (Lipinski definition) is 1. The first-order valence-corrected chi connectivity index (χ1v) is 6.55. The van der Waals surface area contributed by atoms with Gasteiger partial charge in [-0.25, -0.2) is 0 Å². The summed E-state index contributed by atoms with van der Waals surface area (Å²) in [5, 5.41) is 3.26. The van der Waals surface area contributed by atoms with E-state index in [4.69, 9.17) is 0 Å². The van der Waals surface area contributed by atoms with Gasteiger partial charge in [-0.1, -0.05) is 12.1 Å². The van der Waals surface area contributed by atoms with Crippen LogP contribution in [-0.4, -0.2) is 31.1 Å². The van der Waals surface area contributed by atoms with Gasteiger partial charge in [-0.15, -0.1) is 12.4 Å². The maximum atomic E-state index is 12.5. The Morgan fingerprint density at radius 2 is 1.90 bits per heavy atom. The van der Waals surface area contributed by atoms with Crippen molar-refractivity contribution >= 4 is 12.4 Å². The van der Waals surface area contributed by atoms with Crippen molar-refractivity contribution in [1.29, 1.82) is 0 Å². The lowest BCUT2D eigenvalue weighted by atomic mass is 10.0. The molecule has 0 spiro atoms. The third kappa shape index (κ3) is 4.65. The largest absolute Gasteiger partial charge is 0.416 e. The molecule has 1 fully saturated rings. The molecule has 1 aromatic carbocycles.